The summed E-state index contributed by atoms with van der Waals surface area (Å²) in [5.41, 5.74) is 15.1. The molecule has 13 aromatic carbocycles. The van der Waals surface area contributed by atoms with E-state index >= 15 is 0 Å². The lowest BCUT2D eigenvalue weighted by Crippen LogP contribution is -2.74. The Balaban J connectivity index is 0.000000145. The number of rotatable bonds is 9. The molecule has 402 valence electrons. The van der Waals surface area contributed by atoms with Gasteiger partial charge in [0, 0.05) is 49.4 Å². The second-order valence-electron chi connectivity index (χ2n) is 21.8. The Morgan fingerprint density at radius 2 is 0.605 bits per heavy atom. The quantitative estimate of drug-likeness (QED) is 0.0807. The van der Waals surface area contributed by atoms with Crippen molar-refractivity contribution >= 4 is 99.9 Å². The molecule has 0 aliphatic rings. The molecule has 0 saturated carbocycles. The van der Waals surface area contributed by atoms with Gasteiger partial charge < -0.3 is 13.7 Å². The Labute approximate surface area is 499 Å². The lowest BCUT2D eigenvalue weighted by atomic mass is 10.0. The zero-order valence-corrected chi connectivity index (χ0v) is 47.8. The van der Waals surface area contributed by atoms with Gasteiger partial charge in [-0.15, -0.1) is 0 Å². The molecule has 0 spiro atoms. The van der Waals surface area contributed by atoms with Gasteiger partial charge in [0.05, 0.1) is 51.3 Å². The SMILES string of the molecule is [C-]#[N+]c1cc(-c2cc(C#N)cc(-n3c4ccccc4c4ccccc43)c2)cc(-n2c3ccccc3c3ccccc32)c1.c1ccc([Si](c2ccccc2)(c2ccccc2)c2cccc(-c3cccc(-n4c5ccccc5c5ccccc54)c3)c2)cc1. The van der Waals surface area contributed by atoms with E-state index < -0.39 is 8.07 Å². The number of hydrogen-bond acceptors (Lipinski definition) is 1. The maximum Gasteiger partial charge on any atom is 0.189 e. The van der Waals surface area contributed by atoms with E-state index in [1.165, 1.54) is 80.9 Å². The average Bonchev–Trinajstić information content (AvgIpc) is 2.26. The van der Waals surface area contributed by atoms with Gasteiger partial charge in [0.25, 0.3) is 0 Å². The zero-order valence-electron chi connectivity index (χ0n) is 46.8. The highest BCUT2D eigenvalue weighted by molar-refractivity contribution is 7.19. The van der Waals surface area contributed by atoms with Gasteiger partial charge in [-0.25, -0.2) is 4.85 Å². The van der Waals surface area contributed by atoms with Gasteiger partial charge in [0.1, 0.15) is 0 Å². The molecular formula is C80H53N5Si. The highest BCUT2D eigenvalue weighted by Crippen LogP contribution is 2.39. The summed E-state index contributed by atoms with van der Waals surface area (Å²) in [5.74, 6) is 0. The predicted molar refractivity (Wildman–Crippen MR) is 361 cm³/mol. The minimum Gasteiger partial charge on any atom is -0.310 e. The third-order valence-electron chi connectivity index (χ3n) is 17.0. The molecule has 16 aromatic rings. The topological polar surface area (TPSA) is 42.9 Å². The first-order chi connectivity index (χ1) is 42.6. The van der Waals surface area contributed by atoms with Gasteiger partial charge in [-0.05, 0) is 128 Å². The van der Waals surface area contributed by atoms with Crippen molar-refractivity contribution in [2.75, 3.05) is 0 Å². The molecule has 0 bridgehead atoms. The van der Waals surface area contributed by atoms with E-state index in [2.05, 4.69) is 298 Å². The van der Waals surface area contributed by atoms with Crippen LogP contribution < -0.4 is 20.7 Å². The van der Waals surface area contributed by atoms with Crippen molar-refractivity contribution < 1.29 is 0 Å². The molecule has 0 atom stereocenters. The maximum absolute atomic E-state index is 10.1. The molecule has 0 aliphatic heterocycles. The standard InChI is InChI=1S/C42H31NSi.C38H22N4/c1-4-19-35(20-5-1)44(36-21-6-2-7-22-36,37-23-8-3-9-24-37)38-25-15-17-33(31-38)32-16-14-18-34(30-32)43-41-28-12-10-26-39(41)40-27-11-13-29-42(40)43;1-40-28-20-27(22-30(23-28)42-37-16-8-4-12-33(37)34-13-5-9-17-38(34)42)26-18-25(24-39)19-29(21-26)41-35-14-6-2-10-31(35)32-11-3-7-15-36(32)41/h1-31H;2-23H. The van der Waals surface area contributed by atoms with Crippen LogP contribution in [0.25, 0.3) is 110 Å². The fourth-order valence-corrected chi connectivity index (χ4v) is 18.1. The molecule has 0 radical (unpaired) electrons. The summed E-state index contributed by atoms with van der Waals surface area (Å²) in [7, 11) is -2.61. The summed E-state index contributed by atoms with van der Waals surface area (Å²) in [6.45, 7) is 7.93. The normalized spacial score (nSPS) is 11.5. The molecule has 86 heavy (non-hydrogen) atoms. The largest absolute Gasteiger partial charge is 0.310 e. The van der Waals surface area contributed by atoms with Gasteiger partial charge in [0.15, 0.2) is 13.8 Å². The molecule has 0 unspecified atom stereocenters. The summed E-state index contributed by atoms with van der Waals surface area (Å²) < 4.78 is 6.85. The van der Waals surface area contributed by atoms with E-state index in [1.807, 2.05) is 48.5 Å². The van der Waals surface area contributed by atoms with Crippen LogP contribution in [0.5, 0.6) is 0 Å². The zero-order chi connectivity index (χ0) is 57.6. The number of fused-ring (bicyclic) bond motifs is 9. The number of hydrogen-bond donors (Lipinski definition) is 0. The summed E-state index contributed by atoms with van der Waals surface area (Å²) >= 11 is 0. The van der Waals surface area contributed by atoms with E-state index in [0.717, 1.165) is 44.6 Å². The summed E-state index contributed by atoms with van der Waals surface area (Å²) in [4.78, 5) is 3.85. The van der Waals surface area contributed by atoms with Crippen LogP contribution in [0.1, 0.15) is 5.56 Å². The molecular weight excluding hydrogens is 1060 g/mol. The Hall–Kier alpha value is -11.5. The van der Waals surface area contributed by atoms with Crippen LogP contribution in [0.4, 0.5) is 5.69 Å². The van der Waals surface area contributed by atoms with Crippen molar-refractivity contribution in [1.29, 1.82) is 5.26 Å². The third kappa shape index (κ3) is 8.68. The van der Waals surface area contributed by atoms with Crippen LogP contribution in [0.2, 0.25) is 0 Å². The summed E-state index contributed by atoms with van der Waals surface area (Å²) in [6.07, 6.45) is 0. The molecule has 16 rings (SSSR count). The summed E-state index contributed by atoms with van der Waals surface area (Å²) in [6, 6.07) is 117. The molecule has 0 fully saturated rings. The van der Waals surface area contributed by atoms with Crippen LogP contribution in [0.3, 0.4) is 0 Å². The van der Waals surface area contributed by atoms with Crippen molar-refractivity contribution in [1.82, 2.24) is 13.7 Å². The molecule has 0 N–H and O–H groups in total. The van der Waals surface area contributed by atoms with Crippen LogP contribution >= 0.6 is 0 Å². The second-order valence-corrected chi connectivity index (χ2v) is 25.6. The highest BCUT2D eigenvalue weighted by atomic mass is 28.3. The number of nitriles is 1. The van der Waals surface area contributed by atoms with E-state index in [-0.39, 0.29) is 0 Å². The predicted octanol–water partition coefficient (Wildman–Crippen LogP) is 17.8. The molecule has 0 saturated heterocycles. The smallest absolute Gasteiger partial charge is 0.189 e. The monoisotopic (exact) mass is 1110 g/mol. The average molecular weight is 1110 g/mol. The number of benzene rings is 13. The number of para-hydroxylation sites is 6. The lowest BCUT2D eigenvalue weighted by Gasteiger charge is -2.34. The van der Waals surface area contributed by atoms with Crippen LogP contribution in [0.15, 0.2) is 322 Å². The van der Waals surface area contributed by atoms with E-state index in [1.54, 1.807) is 0 Å². The van der Waals surface area contributed by atoms with Gasteiger partial charge >= 0.3 is 0 Å². The minimum absolute atomic E-state index is 0.546. The highest BCUT2D eigenvalue weighted by Gasteiger charge is 2.41. The number of aromatic nitrogens is 3. The Bertz CT molecular complexity index is 4900. The fraction of sp³-hybridized carbons (Fsp3) is 0. The van der Waals surface area contributed by atoms with Gasteiger partial charge in [-0.2, -0.15) is 5.26 Å². The van der Waals surface area contributed by atoms with Crippen LogP contribution in [0, 0.1) is 17.9 Å². The molecule has 3 aromatic heterocycles. The van der Waals surface area contributed by atoms with E-state index in [0.29, 0.717) is 11.3 Å². The van der Waals surface area contributed by atoms with Crippen molar-refractivity contribution in [3.63, 3.8) is 0 Å². The van der Waals surface area contributed by atoms with Crippen molar-refractivity contribution in [2.24, 2.45) is 0 Å². The minimum atomic E-state index is -2.61. The fourth-order valence-electron chi connectivity index (χ4n) is 13.4. The second kappa shape index (κ2) is 21.7. The van der Waals surface area contributed by atoms with E-state index in [4.69, 9.17) is 6.57 Å². The molecule has 0 amide bonds. The van der Waals surface area contributed by atoms with Gasteiger partial charge in [-0.3, -0.25) is 0 Å². The number of nitrogens with zero attached hydrogens (tertiary/aromatic N) is 5. The molecule has 3 heterocycles. The first-order valence-electron chi connectivity index (χ1n) is 29.0. The summed E-state index contributed by atoms with van der Waals surface area (Å²) in [5, 5.41) is 22.8. The van der Waals surface area contributed by atoms with Crippen molar-refractivity contribution in [2.45, 2.75) is 0 Å². The Kier molecular flexibility index (Phi) is 12.9. The van der Waals surface area contributed by atoms with Crippen LogP contribution in [-0.2, 0) is 0 Å². The maximum atomic E-state index is 10.1. The first-order valence-corrected chi connectivity index (χ1v) is 31.0. The van der Waals surface area contributed by atoms with Gasteiger partial charge in [-0.1, -0.05) is 237 Å². The molecule has 0 aliphatic carbocycles. The van der Waals surface area contributed by atoms with Gasteiger partial charge in [0.2, 0.25) is 0 Å². The molecule has 6 heteroatoms. The van der Waals surface area contributed by atoms with Crippen molar-refractivity contribution in [3.05, 3.63) is 338 Å². The van der Waals surface area contributed by atoms with E-state index in [9.17, 15) is 5.26 Å². The Morgan fingerprint density at radius 3 is 1.01 bits per heavy atom. The lowest BCUT2D eigenvalue weighted by molar-refractivity contribution is 1.17. The first kappa shape index (κ1) is 51.3. The molecule has 5 nitrogen and oxygen atoms in total. The Morgan fingerprint density at radius 1 is 0.279 bits per heavy atom. The third-order valence-corrected chi connectivity index (χ3v) is 21.8. The van der Waals surface area contributed by atoms with Crippen molar-refractivity contribution in [3.8, 4) is 45.4 Å². The van der Waals surface area contributed by atoms with Crippen LogP contribution in [-0.4, -0.2) is 21.8 Å².